The molecule has 0 bridgehead atoms. The molecule has 1 rings (SSSR count). The van der Waals surface area contributed by atoms with Crippen LogP contribution in [0.3, 0.4) is 0 Å². The number of carbonyl (C=O) groups excluding carboxylic acids is 2. The van der Waals surface area contributed by atoms with E-state index in [-0.39, 0.29) is 17.1 Å². The molecule has 110 valence electrons. The van der Waals surface area contributed by atoms with Crippen molar-refractivity contribution in [2.75, 3.05) is 11.1 Å². The lowest BCUT2D eigenvalue weighted by atomic mass is 9.87. The molecule has 5 nitrogen and oxygen atoms in total. The van der Waals surface area contributed by atoms with Gasteiger partial charge in [0.1, 0.15) is 0 Å². The van der Waals surface area contributed by atoms with Gasteiger partial charge in [-0.15, -0.1) is 11.8 Å². The van der Waals surface area contributed by atoms with Crippen LogP contribution in [-0.4, -0.2) is 23.6 Å². The van der Waals surface area contributed by atoms with Gasteiger partial charge in [0.15, 0.2) is 0 Å². The molecule has 0 saturated heterocycles. The van der Waals surface area contributed by atoms with Gasteiger partial charge in [-0.1, -0.05) is 32.9 Å². The lowest BCUT2D eigenvalue weighted by Gasteiger charge is -2.26. The Morgan fingerprint density at radius 3 is 2.45 bits per heavy atom. The molecular weight excluding hydrogens is 274 g/mol. The summed E-state index contributed by atoms with van der Waals surface area (Å²) in [4.78, 5) is 23.7. The fourth-order valence-electron chi connectivity index (χ4n) is 1.45. The molecule has 5 N–H and O–H groups in total. The number of amides is 2. The smallest absolute Gasteiger partial charge is 0.241 e. The fraction of sp³-hybridized carbons (Fsp3) is 0.429. The maximum absolute atomic E-state index is 12.1. The number of benzene rings is 1. The standard InChI is InChI=1S/C14H21N3O2S/c1-14(2,3)12(16)13(19)17-9-6-4-5-7-10(9)20-8-11(15)18/h4-7,12H,8,16H2,1-3H3,(H2,15,18)(H,17,19)/t12-/m1/s1. The molecule has 1 aromatic carbocycles. The SMILES string of the molecule is CC(C)(C)[C@H](N)C(=O)Nc1ccccc1SCC(N)=O. The highest BCUT2D eigenvalue weighted by molar-refractivity contribution is 8.00. The van der Waals surface area contributed by atoms with Crippen molar-refractivity contribution in [1.29, 1.82) is 0 Å². The summed E-state index contributed by atoms with van der Waals surface area (Å²) in [6.45, 7) is 5.72. The molecule has 1 aromatic rings. The summed E-state index contributed by atoms with van der Waals surface area (Å²) in [5.74, 6) is -0.481. The molecule has 0 spiro atoms. The van der Waals surface area contributed by atoms with Crippen molar-refractivity contribution in [3.63, 3.8) is 0 Å². The summed E-state index contributed by atoms with van der Waals surface area (Å²) in [7, 11) is 0. The van der Waals surface area contributed by atoms with E-state index in [0.717, 1.165) is 4.90 Å². The average molecular weight is 295 g/mol. The number of rotatable bonds is 5. The lowest BCUT2D eigenvalue weighted by molar-refractivity contribution is -0.119. The quantitative estimate of drug-likeness (QED) is 0.718. The molecule has 0 aromatic heterocycles. The molecule has 0 heterocycles. The van der Waals surface area contributed by atoms with Crippen molar-refractivity contribution in [1.82, 2.24) is 0 Å². The van der Waals surface area contributed by atoms with Crippen LogP contribution in [0.4, 0.5) is 5.69 Å². The first kappa shape index (κ1) is 16.5. The van der Waals surface area contributed by atoms with Crippen LogP contribution in [0.15, 0.2) is 29.2 Å². The van der Waals surface area contributed by atoms with Gasteiger partial charge in [-0.25, -0.2) is 0 Å². The number of anilines is 1. The molecule has 0 radical (unpaired) electrons. The van der Waals surface area contributed by atoms with Gasteiger partial charge in [-0.3, -0.25) is 9.59 Å². The molecule has 0 saturated carbocycles. The van der Waals surface area contributed by atoms with E-state index in [1.54, 1.807) is 6.07 Å². The summed E-state index contributed by atoms with van der Waals surface area (Å²) < 4.78 is 0. The molecule has 0 aliphatic rings. The van der Waals surface area contributed by atoms with Crippen LogP contribution >= 0.6 is 11.8 Å². The zero-order valence-electron chi connectivity index (χ0n) is 12.0. The van der Waals surface area contributed by atoms with E-state index >= 15 is 0 Å². The molecule has 0 aliphatic carbocycles. The second-order valence-electron chi connectivity index (χ2n) is 5.58. The second kappa shape index (κ2) is 6.76. The number of nitrogens with two attached hydrogens (primary N) is 2. The third kappa shape index (κ3) is 4.86. The van der Waals surface area contributed by atoms with Gasteiger partial charge in [0.05, 0.1) is 17.5 Å². The number of hydrogen-bond donors (Lipinski definition) is 3. The first-order valence-corrected chi connectivity index (χ1v) is 7.27. The zero-order chi connectivity index (χ0) is 15.3. The van der Waals surface area contributed by atoms with Gasteiger partial charge in [-0.2, -0.15) is 0 Å². The molecular formula is C14H21N3O2S. The second-order valence-corrected chi connectivity index (χ2v) is 6.60. The highest BCUT2D eigenvalue weighted by atomic mass is 32.2. The number of para-hydroxylation sites is 1. The predicted octanol–water partition coefficient (Wildman–Crippen LogP) is 1.58. The van der Waals surface area contributed by atoms with Gasteiger partial charge >= 0.3 is 0 Å². The predicted molar refractivity (Wildman–Crippen MR) is 82.4 cm³/mol. The van der Waals surface area contributed by atoms with Crippen molar-refractivity contribution < 1.29 is 9.59 Å². The molecule has 1 atom stereocenters. The lowest BCUT2D eigenvalue weighted by Crippen LogP contribution is -2.45. The van der Waals surface area contributed by atoms with Gasteiger partial charge in [0, 0.05) is 4.90 Å². The zero-order valence-corrected chi connectivity index (χ0v) is 12.8. The normalized spacial score (nSPS) is 12.8. The van der Waals surface area contributed by atoms with Crippen LogP contribution in [0.2, 0.25) is 0 Å². The Labute approximate surface area is 123 Å². The minimum atomic E-state index is -0.614. The summed E-state index contributed by atoms with van der Waals surface area (Å²) in [5, 5.41) is 2.80. The number of carbonyl (C=O) groups is 2. The Morgan fingerprint density at radius 1 is 1.30 bits per heavy atom. The minimum Gasteiger partial charge on any atom is -0.369 e. The Kier molecular flexibility index (Phi) is 5.59. The van der Waals surface area contributed by atoms with Crippen LogP contribution < -0.4 is 16.8 Å². The van der Waals surface area contributed by atoms with E-state index in [1.807, 2.05) is 39.0 Å². The van der Waals surface area contributed by atoms with E-state index in [9.17, 15) is 9.59 Å². The van der Waals surface area contributed by atoms with Crippen molar-refractivity contribution in [3.05, 3.63) is 24.3 Å². The van der Waals surface area contributed by atoms with Crippen LogP contribution in [0.1, 0.15) is 20.8 Å². The third-order valence-corrected chi connectivity index (χ3v) is 3.83. The third-order valence-electron chi connectivity index (χ3n) is 2.73. The van der Waals surface area contributed by atoms with Crippen molar-refractivity contribution in [2.45, 2.75) is 31.7 Å². The molecule has 6 heteroatoms. The number of primary amides is 1. The number of nitrogens with one attached hydrogen (secondary N) is 1. The molecule has 20 heavy (non-hydrogen) atoms. The molecule has 2 amide bonds. The van der Waals surface area contributed by atoms with Gasteiger partial charge in [0.25, 0.3) is 0 Å². The summed E-state index contributed by atoms with van der Waals surface area (Å²) in [6.07, 6.45) is 0. The Morgan fingerprint density at radius 2 is 1.90 bits per heavy atom. The van der Waals surface area contributed by atoms with Crippen molar-refractivity contribution in [3.8, 4) is 0 Å². The van der Waals surface area contributed by atoms with Gasteiger partial charge < -0.3 is 16.8 Å². The minimum absolute atomic E-state index is 0.165. The van der Waals surface area contributed by atoms with E-state index in [1.165, 1.54) is 11.8 Å². The number of thioether (sulfide) groups is 1. The topological polar surface area (TPSA) is 98.2 Å². The van der Waals surface area contributed by atoms with Gasteiger partial charge in [-0.05, 0) is 17.5 Å². The van der Waals surface area contributed by atoms with Crippen LogP contribution in [-0.2, 0) is 9.59 Å². The van der Waals surface area contributed by atoms with Crippen molar-refractivity contribution >= 4 is 29.3 Å². The Balaban J connectivity index is 2.82. The first-order valence-electron chi connectivity index (χ1n) is 6.28. The van der Waals surface area contributed by atoms with E-state index in [4.69, 9.17) is 11.5 Å². The summed E-state index contributed by atoms with van der Waals surface area (Å²) >= 11 is 1.29. The molecule has 0 unspecified atom stereocenters. The summed E-state index contributed by atoms with van der Waals surface area (Å²) in [6, 6.07) is 6.63. The average Bonchev–Trinajstić information content (AvgIpc) is 2.35. The molecule has 0 aliphatic heterocycles. The Hall–Kier alpha value is -1.53. The monoisotopic (exact) mass is 295 g/mol. The van der Waals surface area contributed by atoms with Crippen LogP contribution in [0, 0.1) is 5.41 Å². The van der Waals surface area contributed by atoms with Gasteiger partial charge in [0.2, 0.25) is 11.8 Å². The highest BCUT2D eigenvalue weighted by Gasteiger charge is 2.27. The summed E-state index contributed by atoms with van der Waals surface area (Å²) in [5.41, 5.74) is 11.4. The van der Waals surface area contributed by atoms with E-state index < -0.39 is 11.9 Å². The number of hydrogen-bond acceptors (Lipinski definition) is 4. The maximum Gasteiger partial charge on any atom is 0.241 e. The van der Waals surface area contributed by atoms with Crippen LogP contribution in [0.5, 0.6) is 0 Å². The van der Waals surface area contributed by atoms with E-state index in [0.29, 0.717) is 5.69 Å². The fourth-order valence-corrected chi connectivity index (χ4v) is 2.20. The maximum atomic E-state index is 12.1. The highest BCUT2D eigenvalue weighted by Crippen LogP contribution is 2.27. The molecule has 0 fully saturated rings. The van der Waals surface area contributed by atoms with Crippen LogP contribution in [0.25, 0.3) is 0 Å². The largest absolute Gasteiger partial charge is 0.369 e. The Bertz CT molecular complexity index is 497. The first-order chi connectivity index (χ1) is 9.21. The van der Waals surface area contributed by atoms with E-state index in [2.05, 4.69) is 5.32 Å². The van der Waals surface area contributed by atoms with Crippen molar-refractivity contribution in [2.24, 2.45) is 16.9 Å².